The minimum Gasteiger partial charge on any atom is -0.493 e. The van der Waals surface area contributed by atoms with Crippen molar-refractivity contribution in [3.8, 4) is 17.2 Å². The molecule has 2 aromatic carbocycles. The molecule has 0 aromatic heterocycles. The number of anilines is 1. The van der Waals surface area contributed by atoms with Crippen LogP contribution in [-0.4, -0.2) is 39.3 Å². The fraction of sp³-hybridized carbons (Fsp3) is 0.263. The molecule has 2 rings (SSSR count). The smallest absolute Gasteiger partial charge is 0.342 e. The lowest BCUT2D eigenvalue weighted by molar-refractivity contribution is -0.123. The Kier molecular flexibility index (Phi) is 6.92. The van der Waals surface area contributed by atoms with Gasteiger partial charge in [0.05, 0.1) is 27.0 Å². The van der Waals surface area contributed by atoms with Crippen LogP contribution in [0.1, 0.15) is 17.3 Å². The molecule has 0 saturated heterocycles. The Hall–Kier alpha value is -3.43. The molecule has 0 aliphatic rings. The van der Waals surface area contributed by atoms with E-state index in [1.165, 1.54) is 40.4 Å². The SMILES string of the molecule is COc1ccc(C(=O)O[C@@H](C)C(=O)Nc2ccc(F)c(F)c2F)c(OC)c1OC. The van der Waals surface area contributed by atoms with Crippen LogP contribution >= 0.6 is 0 Å². The summed E-state index contributed by atoms with van der Waals surface area (Å²) in [5, 5.41) is 2.03. The molecule has 0 aliphatic heterocycles. The summed E-state index contributed by atoms with van der Waals surface area (Å²) in [6.45, 7) is 1.22. The van der Waals surface area contributed by atoms with E-state index in [9.17, 15) is 22.8 Å². The molecule has 0 radical (unpaired) electrons. The summed E-state index contributed by atoms with van der Waals surface area (Å²) in [6, 6.07) is 4.29. The number of halogens is 3. The number of hydrogen-bond acceptors (Lipinski definition) is 6. The standard InChI is InChI=1S/C19H18F3NO6/c1-9(18(24)23-12-7-6-11(20)14(21)15(12)22)29-19(25)10-5-8-13(26-2)17(28-4)16(10)27-3/h5-9H,1-4H3,(H,23,24)/t9-/m0/s1. The van der Waals surface area contributed by atoms with Gasteiger partial charge >= 0.3 is 5.97 Å². The molecular formula is C19H18F3NO6. The zero-order chi connectivity index (χ0) is 21.7. The highest BCUT2D eigenvalue weighted by Gasteiger charge is 2.26. The molecule has 7 nitrogen and oxygen atoms in total. The van der Waals surface area contributed by atoms with Crippen LogP contribution in [0.25, 0.3) is 0 Å². The maximum absolute atomic E-state index is 13.7. The van der Waals surface area contributed by atoms with Crippen molar-refractivity contribution in [2.24, 2.45) is 0 Å². The molecule has 2 aromatic rings. The molecule has 0 aliphatic carbocycles. The van der Waals surface area contributed by atoms with E-state index in [4.69, 9.17) is 18.9 Å². The van der Waals surface area contributed by atoms with Crippen LogP contribution in [0.3, 0.4) is 0 Å². The van der Waals surface area contributed by atoms with Crippen LogP contribution in [0.2, 0.25) is 0 Å². The summed E-state index contributed by atoms with van der Waals surface area (Å²) in [4.78, 5) is 24.6. The summed E-state index contributed by atoms with van der Waals surface area (Å²) >= 11 is 0. The summed E-state index contributed by atoms with van der Waals surface area (Å²) < 4.78 is 60.5. The van der Waals surface area contributed by atoms with Gasteiger partial charge in [-0.1, -0.05) is 0 Å². The fourth-order valence-corrected chi connectivity index (χ4v) is 2.40. The number of nitrogens with one attached hydrogen (secondary N) is 1. The predicted molar refractivity (Wildman–Crippen MR) is 95.9 cm³/mol. The van der Waals surface area contributed by atoms with Gasteiger partial charge in [0, 0.05) is 0 Å². The third-order valence-electron chi connectivity index (χ3n) is 3.87. The second kappa shape index (κ2) is 9.18. The molecule has 29 heavy (non-hydrogen) atoms. The van der Waals surface area contributed by atoms with E-state index < -0.39 is 41.1 Å². The lowest BCUT2D eigenvalue weighted by Gasteiger charge is -2.17. The van der Waals surface area contributed by atoms with Crippen molar-refractivity contribution in [1.82, 2.24) is 0 Å². The Bertz CT molecular complexity index is 935. The number of benzene rings is 2. The average Bonchev–Trinajstić information content (AvgIpc) is 2.72. The largest absolute Gasteiger partial charge is 0.493 e. The minimum absolute atomic E-state index is 0.0242. The first-order valence-corrected chi connectivity index (χ1v) is 8.19. The van der Waals surface area contributed by atoms with Gasteiger partial charge in [-0.3, -0.25) is 4.79 Å². The third kappa shape index (κ3) is 4.53. The van der Waals surface area contributed by atoms with Crippen molar-refractivity contribution in [1.29, 1.82) is 0 Å². The van der Waals surface area contributed by atoms with Crippen molar-refractivity contribution in [3.63, 3.8) is 0 Å². The normalized spacial score (nSPS) is 11.4. The topological polar surface area (TPSA) is 83.1 Å². The first-order chi connectivity index (χ1) is 13.7. The Morgan fingerprint density at radius 3 is 2.14 bits per heavy atom. The second-order valence-corrected chi connectivity index (χ2v) is 5.64. The van der Waals surface area contributed by atoms with Crippen molar-refractivity contribution in [2.75, 3.05) is 26.6 Å². The lowest BCUT2D eigenvalue weighted by atomic mass is 10.1. The molecule has 10 heteroatoms. The monoisotopic (exact) mass is 413 g/mol. The van der Waals surface area contributed by atoms with Gasteiger partial charge in [-0.15, -0.1) is 0 Å². The molecule has 1 N–H and O–H groups in total. The van der Waals surface area contributed by atoms with Crippen LogP contribution in [-0.2, 0) is 9.53 Å². The fourth-order valence-electron chi connectivity index (χ4n) is 2.40. The van der Waals surface area contributed by atoms with Gasteiger partial charge in [0.1, 0.15) is 5.56 Å². The van der Waals surface area contributed by atoms with E-state index in [-0.39, 0.29) is 17.1 Å². The first kappa shape index (κ1) is 21.9. The van der Waals surface area contributed by atoms with E-state index in [2.05, 4.69) is 0 Å². The van der Waals surface area contributed by atoms with Gasteiger partial charge in [-0.2, -0.15) is 0 Å². The number of methoxy groups -OCH3 is 3. The van der Waals surface area contributed by atoms with Crippen molar-refractivity contribution in [2.45, 2.75) is 13.0 Å². The maximum Gasteiger partial charge on any atom is 0.342 e. The van der Waals surface area contributed by atoms with E-state index in [0.29, 0.717) is 11.8 Å². The van der Waals surface area contributed by atoms with Gasteiger partial charge in [-0.25, -0.2) is 18.0 Å². The molecule has 0 spiro atoms. The van der Waals surface area contributed by atoms with Gasteiger partial charge in [0.25, 0.3) is 5.91 Å². The average molecular weight is 413 g/mol. The van der Waals surface area contributed by atoms with E-state index in [1.807, 2.05) is 5.32 Å². The van der Waals surface area contributed by atoms with Crippen LogP contribution in [0, 0.1) is 17.5 Å². The van der Waals surface area contributed by atoms with Gasteiger partial charge in [0.2, 0.25) is 5.75 Å². The molecule has 1 amide bonds. The Morgan fingerprint density at radius 2 is 1.55 bits per heavy atom. The number of esters is 1. The highest BCUT2D eigenvalue weighted by molar-refractivity contribution is 5.99. The molecule has 1 atom stereocenters. The van der Waals surface area contributed by atoms with Crippen LogP contribution in [0.5, 0.6) is 17.2 Å². The molecule has 0 unspecified atom stereocenters. The third-order valence-corrected chi connectivity index (χ3v) is 3.87. The molecule has 0 saturated carbocycles. The van der Waals surface area contributed by atoms with Crippen LogP contribution < -0.4 is 19.5 Å². The molecule has 0 fully saturated rings. The molecule has 0 bridgehead atoms. The lowest BCUT2D eigenvalue weighted by Crippen LogP contribution is -2.30. The molecular weight excluding hydrogens is 395 g/mol. The number of carbonyl (C=O) groups excluding carboxylic acids is 2. The van der Waals surface area contributed by atoms with Crippen molar-refractivity contribution >= 4 is 17.6 Å². The van der Waals surface area contributed by atoms with E-state index in [0.717, 1.165) is 6.07 Å². The quantitative estimate of drug-likeness (QED) is 0.554. The zero-order valence-electron chi connectivity index (χ0n) is 16.0. The van der Waals surface area contributed by atoms with Crippen LogP contribution in [0.4, 0.5) is 18.9 Å². The first-order valence-electron chi connectivity index (χ1n) is 8.19. The Balaban J connectivity index is 2.18. The van der Waals surface area contributed by atoms with Crippen LogP contribution in [0.15, 0.2) is 24.3 Å². The summed E-state index contributed by atoms with van der Waals surface area (Å²) in [7, 11) is 4.05. The molecule has 156 valence electrons. The number of ether oxygens (including phenoxy) is 4. The maximum atomic E-state index is 13.7. The number of carbonyl (C=O) groups is 2. The second-order valence-electron chi connectivity index (χ2n) is 5.64. The Labute approximate surface area is 164 Å². The van der Waals surface area contributed by atoms with Gasteiger partial charge < -0.3 is 24.3 Å². The number of hydrogen-bond donors (Lipinski definition) is 1. The van der Waals surface area contributed by atoms with Gasteiger partial charge in [0.15, 0.2) is 35.1 Å². The van der Waals surface area contributed by atoms with E-state index >= 15 is 0 Å². The number of rotatable bonds is 7. The number of amides is 1. The predicted octanol–water partition coefficient (Wildman–Crippen LogP) is 3.31. The summed E-state index contributed by atoms with van der Waals surface area (Å²) in [6.07, 6.45) is -1.40. The minimum atomic E-state index is -1.73. The van der Waals surface area contributed by atoms with Gasteiger partial charge in [-0.05, 0) is 31.2 Å². The van der Waals surface area contributed by atoms with Crippen molar-refractivity contribution in [3.05, 3.63) is 47.3 Å². The summed E-state index contributed by atoms with van der Waals surface area (Å²) in [5.74, 6) is -6.12. The Morgan fingerprint density at radius 1 is 0.897 bits per heavy atom. The van der Waals surface area contributed by atoms with Crippen molar-refractivity contribution < 1.29 is 41.7 Å². The summed E-state index contributed by atoms with van der Waals surface area (Å²) in [5.41, 5.74) is -0.649. The zero-order valence-corrected chi connectivity index (χ0v) is 16.0. The highest BCUT2D eigenvalue weighted by Crippen LogP contribution is 2.40. The van der Waals surface area contributed by atoms with E-state index in [1.54, 1.807) is 0 Å². The highest BCUT2D eigenvalue weighted by atomic mass is 19.2. The molecule has 0 heterocycles.